The van der Waals surface area contributed by atoms with Gasteiger partial charge in [0, 0.05) is 6.20 Å². The second kappa shape index (κ2) is 5.46. The van der Waals surface area contributed by atoms with Gasteiger partial charge in [-0.2, -0.15) is 0 Å². The molecule has 1 aliphatic heterocycles. The molecule has 0 aromatic heterocycles. The second-order valence-electron chi connectivity index (χ2n) is 3.94. The number of hydrogen-bond acceptors (Lipinski definition) is 4. The van der Waals surface area contributed by atoms with Crippen molar-refractivity contribution in [2.75, 3.05) is 0 Å². The summed E-state index contributed by atoms with van der Waals surface area (Å²) in [7, 11) is 0. The van der Waals surface area contributed by atoms with Crippen molar-refractivity contribution in [3.8, 4) is 0 Å². The van der Waals surface area contributed by atoms with Crippen molar-refractivity contribution in [1.29, 1.82) is 0 Å². The second-order valence-corrected chi connectivity index (χ2v) is 3.94. The third-order valence-corrected chi connectivity index (χ3v) is 2.64. The highest BCUT2D eigenvalue weighted by atomic mass is 16.5. The standard InChI is InChI=1S/C13H13NO4/c15-10-6-7-14-11(13(16)17)12(10)18-8-9-4-2-1-3-5-9/h1-7,11-12,14H,8H2,(H,16,17). The zero-order chi connectivity index (χ0) is 13.0. The fourth-order valence-electron chi connectivity index (χ4n) is 1.72. The van der Waals surface area contributed by atoms with E-state index in [9.17, 15) is 9.59 Å². The highest BCUT2D eigenvalue weighted by molar-refractivity contribution is 5.98. The summed E-state index contributed by atoms with van der Waals surface area (Å²) >= 11 is 0. The van der Waals surface area contributed by atoms with Gasteiger partial charge in [0.25, 0.3) is 0 Å². The van der Waals surface area contributed by atoms with Crippen molar-refractivity contribution >= 4 is 11.8 Å². The number of benzene rings is 1. The maximum absolute atomic E-state index is 11.6. The largest absolute Gasteiger partial charge is 0.480 e. The number of ketones is 1. The fraction of sp³-hybridized carbons (Fsp3) is 0.231. The van der Waals surface area contributed by atoms with Gasteiger partial charge in [-0.1, -0.05) is 30.3 Å². The van der Waals surface area contributed by atoms with Crippen LogP contribution in [0.5, 0.6) is 0 Å². The Hall–Kier alpha value is -2.14. The molecule has 1 aliphatic rings. The number of carbonyl (C=O) groups excluding carboxylic acids is 1. The molecule has 2 rings (SSSR count). The van der Waals surface area contributed by atoms with E-state index in [1.165, 1.54) is 12.3 Å². The Morgan fingerprint density at radius 1 is 1.33 bits per heavy atom. The van der Waals surface area contributed by atoms with Gasteiger partial charge in [-0.25, -0.2) is 4.79 Å². The first-order valence-electron chi connectivity index (χ1n) is 5.53. The quantitative estimate of drug-likeness (QED) is 0.819. The van der Waals surface area contributed by atoms with Crippen LogP contribution in [-0.4, -0.2) is 29.0 Å². The van der Waals surface area contributed by atoms with Crippen LogP contribution in [0.3, 0.4) is 0 Å². The van der Waals surface area contributed by atoms with E-state index < -0.39 is 18.1 Å². The van der Waals surface area contributed by atoms with Crippen molar-refractivity contribution in [1.82, 2.24) is 5.32 Å². The van der Waals surface area contributed by atoms with Crippen molar-refractivity contribution in [3.05, 3.63) is 48.2 Å². The number of ether oxygens (including phenoxy) is 1. The molecule has 1 heterocycles. The first kappa shape index (κ1) is 12.3. The lowest BCUT2D eigenvalue weighted by Crippen LogP contribution is -2.51. The lowest BCUT2D eigenvalue weighted by atomic mass is 10.0. The Morgan fingerprint density at radius 2 is 2.06 bits per heavy atom. The summed E-state index contributed by atoms with van der Waals surface area (Å²) in [4.78, 5) is 22.6. The fourth-order valence-corrected chi connectivity index (χ4v) is 1.72. The van der Waals surface area contributed by atoms with Crippen LogP contribution >= 0.6 is 0 Å². The number of carboxylic acid groups (broad SMARTS) is 1. The molecule has 0 aliphatic carbocycles. The Kier molecular flexibility index (Phi) is 3.74. The lowest BCUT2D eigenvalue weighted by molar-refractivity contribution is -0.149. The van der Waals surface area contributed by atoms with Crippen LogP contribution in [-0.2, 0) is 20.9 Å². The molecule has 1 aromatic carbocycles. The summed E-state index contributed by atoms with van der Waals surface area (Å²) < 4.78 is 5.41. The molecular formula is C13H13NO4. The van der Waals surface area contributed by atoms with Crippen LogP contribution in [0.15, 0.2) is 42.6 Å². The minimum Gasteiger partial charge on any atom is -0.480 e. The van der Waals surface area contributed by atoms with Gasteiger partial charge >= 0.3 is 5.97 Å². The molecule has 2 N–H and O–H groups in total. The van der Waals surface area contributed by atoms with Gasteiger partial charge < -0.3 is 15.2 Å². The SMILES string of the molecule is O=C(O)C1NC=CC(=O)C1OCc1ccccc1. The molecule has 18 heavy (non-hydrogen) atoms. The first-order chi connectivity index (χ1) is 8.68. The minimum absolute atomic E-state index is 0.205. The molecule has 0 spiro atoms. The molecule has 0 saturated carbocycles. The predicted molar refractivity (Wildman–Crippen MR) is 63.7 cm³/mol. The highest BCUT2D eigenvalue weighted by Gasteiger charge is 2.35. The summed E-state index contributed by atoms with van der Waals surface area (Å²) in [6.07, 6.45) is 1.63. The van der Waals surface area contributed by atoms with Gasteiger partial charge in [-0.15, -0.1) is 0 Å². The average Bonchev–Trinajstić information content (AvgIpc) is 2.38. The van der Waals surface area contributed by atoms with E-state index in [-0.39, 0.29) is 12.4 Å². The molecule has 5 heteroatoms. The number of aliphatic carboxylic acids is 1. The van der Waals surface area contributed by atoms with Crippen LogP contribution in [0.25, 0.3) is 0 Å². The van der Waals surface area contributed by atoms with Gasteiger partial charge in [0.05, 0.1) is 6.61 Å². The molecule has 2 unspecified atom stereocenters. The van der Waals surface area contributed by atoms with E-state index in [4.69, 9.17) is 9.84 Å². The number of hydrogen-bond donors (Lipinski definition) is 2. The maximum atomic E-state index is 11.6. The Balaban J connectivity index is 2.04. The van der Waals surface area contributed by atoms with E-state index in [1.54, 1.807) is 0 Å². The Morgan fingerprint density at radius 3 is 2.72 bits per heavy atom. The molecule has 0 radical (unpaired) electrons. The number of nitrogens with one attached hydrogen (secondary N) is 1. The average molecular weight is 247 g/mol. The molecule has 0 saturated heterocycles. The highest BCUT2D eigenvalue weighted by Crippen LogP contribution is 2.11. The van der Waals surface area contributed by atoms with Crippen LogP contribution in [0.2, 0.25) is 0 Å². The molecule has 5 nitrogen and oxygen atoms in total. The molecule has 2 atom stereocenters. The molecule has 0 amide bonds. The Bertz CT molecular complexity index is 469. The molecule has 1 aromatic rings. The maximum Gasteiger partial charge on any atom is 0.329 e. The van der Waals surface area contributed by atoms with Gasteiger partial charge in [0.1, 0.15) is 0 Å². The lowest BCUT2D eigenvalue weighted by Gasteiger charge is -2.25. The first-order valence-corrected chi connectivity index (χ1v) is 5.53. The van der Waals surface area contributed by atoms with Crippen LogP contribution in [0.4, 0.5) is 0 Å². The predicted octanol–water partition coefficient (Wildman–Crippen LogP) is 0.711. The van der Waals surface area contributed by atoms with Gasteiger partial charge in [0.2, 0.25) is 0 Å². The molecule has 0 fully saturated rings. The van der Waals surface area contributed by atoms with Crippen LogP contribution in [0.1, 0.15) is 5.56 Å². The normalized spacial score (nSPS) is 22.6. The Labute approximate surface area is 104 Å². The van der Waals surface area contributed by atoms with Gasteiger partial charge in [-0.3, -0.25) is 4.79 Å². The summed E-state index contributed by atoms with van der Waals surface area (Å²) in [5.41, 5.74) is 0.893. The number of carboxylic acids is 1. The van der Waals surface area contributed by atoms with E-state index in [1.807, 2.05) is 30.3 Å². The smallest absolute Gasteiger partial charge is 0.329 e. The topological polar surface area (TPSA) is 75.6 Å². The van der Waals surface area contributed by atoms with Crippen molar-refractivity contribution < 1.29 is 19.4 Å². The summed E-state index contributed by atoms with van der Waals surface area (Å²) in [5.74, 6) is -1.44. The van der Waals surface area contributed by atoms with Crippen LogP contribution in [0, 0.1) is 0 Å². The molecule has 0 bridgehead atoms. The van der Waals surface area contributed by atoms with E-state index >= 15 is 0 Å². The van der Waals surface area contributed by atoms with E-state index in [2.05, 4.69) is 5.32 Å². The van der Waals surface area contributed by atoms with Crippen molar-refractivity contribution in [3.63, 3.8) is 0 Å². The van der Waals surface area contributed by atoms with Gasteiger partial charge in [-0.05, 0) is 11.6 Å². The zero-order valence-corrected chi connectivity index (χ0v) is 9.58. The summed E-state index contributed by atoms with van der Waals surface area (Å²) in [6, 6.07) is 8.26. The van der Waals surface area contributed by atoms with Crippen molar-refractivity contribution in [2.45, 2.75) is 18.8 Å². The summed E-state index contributed by atoms with van der Waals surface area (Å²) in [5, 5.41) is 11.6. The van der Waals surface area contributed by atoms with Crippen molar-refractivity contribution in [2.24, 2.45) is 0 Å². The monoisotopic (exact) mass is 247 g/mol. The molecule has 94 valence electrons. The third kappa shape index (κ3) is 2.75. The molecular weight excluding hydrogens is 234 g/mol. The number of rotatable bonds is 4. The minimum atomic E-state index is -1.11. The van der Waals surface area contributed by atoms with E-state index in [0.29, 0.717) is 0 Å². The number of carbonyl (C=O) groups is 2. The third-order valence-electron chi connectivity index (χ3n) is 2.64. The zero-order valence-electron chi connectivity index (χ0n) is 9.58. The van der Waals surface area contributed by atoms with E-state index in [0.717, 1.165) is 5.56 Å². The van der Waals surface area contributed by atoms with Gasteiger partial charge in [0.15, 0.2) is 17.9 Å². The van der Waals surface area contributed by atoms with Crippen LogP contribution < -0.4 is 5.32 Å². The summed E-state index contributed by atoms with van der Waals surface area (Å²) in [6.45, 7) is 0.205.